The fraction of sp³-hybridized carbons (Fsp3) is 0.571. The van der Waals surface area contributed by atoms with Gasteiger partial charge in [0.2, 0.25) is 0 Å². The Balaban J connectivity index is 0.000000673. The third kappa shape index (κ3) is 5.76. The second-order valence-corrected chi connectivity index (χ2v) is 3.84. The summed E-state index contributed by atoms with van der Waals surface area (Å²) < 4.78 is 0. The number of rotatable bonds is 4. The number of anilines is 1. The van der Waals surface area contributed by atoms with Gasteiger partial charge in [0, 0.05) is 12.3 Å². The van der Waals surface area contributed by atoms with Crippen LogP contribution >= 0.6 is 0 Å². The Bertz CT molecular complexity index is 284. The molecule has 0 atom stereocenters. The summed E-state index contributed by atoms with van der Waals surface area (Å²) in [5.41, 5.74) is 9.55. The van der Waals surface area contributed by atoms with Gasteiger partial charge >= 0.3 is 0 Å². The minimum Gasteiger partial charge on any atom is -0.399 e. The lowest BCUT2D eigenvalue weighted by Gasteiger charge is -2.08. The Morgan fingerprint density at radius 3 is 2.00 bits per heavy atom. The van der Waals surface area contributed by atoms with Gasteiger partial charge in [-0.25, -0.2) is 0 Å². The first-order valence-electron chi connectivity index (χ1n) is 6.17. The first-order valence-corrected chi connectivity index (χ1v) is 6.17. The molecule has 0 radical (unpaired) electrons. The molecule has 0 fully saturated rings. The van der Waals surface area contributed by atoms with E-state index in [1.165, 1.54) is 30.4 Å². The summed E-state index contributed by atoms with van der Waals surface area (Å²) in [6, 6.07) is 6.29. The molecule has 0 aliphatic heterocycles. The third-order valence-corrected chi connectivity index (χ3v) is 2.27. The molecule has 0 saturated carbocycles. The standard InChI is InChI=1S/C12H19N.C2H6O/c1-3-5-10-7-8-12(13)9-11(10)6-4-2;1-2-3/h7-9H,3-6,13H2,1-2H3;3H,2H2,1H3. The smallest absolute Gasteiger partial charge is 0.0402 e. The second kappa shape index (κ2) is 9.22. The summed E-state index contributed by atoms with van der Waals surface area (Å²) in [7, 11) is 0. The molecule has 0 aliphatic rings. The van der Waals surface area contributed by atoms with Gasteiger partial charge in [-0.15, -0.1) is 0 Å². The number of nitrogen functional groups attached to an aromatic ring is 1. The lowest BCUT2D eigenvalue weighted by atomic mass is 9.99. The number of hydrogen-bond acceptors (Lipinski definition) is 2. The molecule has 0 aliphatic carbocycles. The molecule has 0 amide bonds. The molecule has 2 heteroatoms. The molecule has 0 saturated heterocycles. The summed E-state index contributed by atoms with van der Waals surface area (Å²) in [5.74, 6) is 0. The van der Waals surface area contributed by atoms with Crippen molar-refractivity contribution in [2.24, 2.45) is 0 Å². The maximum absolute atomic E-state index is 7.57. The van der Waals surface area contributed by atoms with Crippen molar-refractivity contribution in [1.29, 1.82) is 0 Å². The zero-order valence-electron chi connectivity index (χ0n) is 10.8. The monoisotopic (exact) mass is 223 g/mol. The Morgan fingerprint density at radius 2 is 1.50 bits per heavy atom. The van der Waals surface area contributed by atoms with Crippen LogP contribution in [0.15, 0.2) is 18.2 Å². The maximum Gasteiger partial charge on any atom is 0.0402 e. The van der Waals surface area contributed by atoms with E-state index < -0.39 is 0 Å². The minimum absolute atomic E-state index is 0.250. The number of aliphatic hydroxyl groups is 1. The van der Waals surface area contributed by atoms with Crippen LogP contribution in [0.1, 0.15) is 44.7 Å². The van der Waals surface area contributed by atoms with Crippen molar-refractivity contribution in [2.45, 2.75) is 46.5 Å². The van der Waals surface area contributed by atoms with Gasteiger partial charge in [0.1, 0.15) is 0 Å². The van der Waals surface area contributed by atoms with Crippen molar-refractivity contribution < 1.29 is 5.11 Å². The van der Waals surface area contributed by atoms with Crippen molar-refractivity contribution in [2.75, 3.05) is 12.3 Å². The van der Waals surface area contributed by atoms with Gasteiger partial charge in [0.25, 0.3) is 0 Å². The van der Waals surface area contributed by atoms with Crippen LogP contribution in [0.25, 0.3) is 0 Å². The quantitative estimate of drug-likeness (QED) is 0.770. The molecule has 0 aromatic heterocycles. The van der Waals surface area contributed by atoms with E-state index in [9.17, 15) is 0 Å². The zero-order chi connectivity index (χ0) is 12.4. The van der Waals surface area contributed by atoms with Crippen LogP contribution in [0.3, 0.4) is 0 Å². The highest BCUT2D eigenvalue weighted by molar-refractivity contribution is 5.44. The predicted octanol–water partition coefficient (Wildman–Crippen LogP) is 3.17. The highest BCUT2D eigenvalue weighted by Crippen LogP contribution is 2.16. The van der Waals surface area contributed by atoms with Crippen LogP contribution in [0.4, 0.5) is 5.69 Å². The number of benzene rings is 1. The highest BCUT2D eigenvalue weighted by Gasteiger charge is 2.00. The van der Waals surface area contributed by atoms with Crippen molar-refractivity contribution in [3.05, 3.63) is 29.3 Å². The first-order chi connectivity index (χ1) is 7.69. The summed E-state index contributed by atoms with van der Waals surface area (Å²) in [6.45, 7) is 6.35. The van der Waals surface area contributed by atoms with Gasteiger partial charge in [-0.1, -0.05) is 32.8 Å². The van der Waals surface area contributed by atoms with E-state index in [1.54, 1.807) is 6.92 Å². The van der Waals surface area contributed by atoms with Crippen LogP contribution in [0, 0.1) is 0 Å². The van der Waals surface area contributed by atoms with E-state index in [1.807, 2.05) is 6.07 Å². The molecule has 92 valence electrons. The van der Waals surface area contributed by atoms with Gasteiger partial charge in [-0.3, -0.25) is 0 Å². The largest absolute Gasteiger partial charge is 0.399 e. The van der Waals surface area contributed by atoms with E-state index in [0.29, 0.717) is 0 Å². The zero-order valence-corrected chi connectivity index (χ0v) is 10.8. The fourth-order valence-corrected chi connectivity index (χ4v) is 1.66. The minimum atomic E-state index is 0.250. The van der Waals surface area contributed by atoms with E-state index in [2.05, 4.69) is 26.0 Å². The fourth-order valence-electron chi connectivity index (χ4n) is 1.66. The van der Waals surface area contributed by atoms with Crippen LogP contribution in [0.2, 0.25) is 0 Å². The van der Waals surface area contributed by atoms with E-state index >= 15 is 0 Å². The lowest BCUT2D eigenvalue weighted by Crippen LogP contribution is -1.96. The van der Waals surface area contributed by atoms with Gasteiger partial charge in [0.15, 0.2) is 0 Å². The topological polar surface area (TPSA) is 46.2 Å². The number of nitrogens with two attached hydrogens (primary N) is 1. The molecule has 16 heavy (non-hydrogen) atoms. The van der Waals surface area contributed by atoms with Crippen LogP contribution in [-0.2, 0) is 12.8 Å². The summed E-state index contributed by atoms with van der Waals surface area (Å²) in [5, 5.41) is 7.57. The molecule has 0 heterocycles. The lowest BCUT2D eigenvalue weighted by molar-refractivity contribution is 0.318. The molecule has 0 bridgehead atoms. The molecule has 0 spiro atoms. The SMILES string of the molecule is CCCc1ccc(N)cc1CCC.CCO. The molecular formula is C14H25NO. The summed E-state index contributed by atoms with van der Waals surface area (Å²) >= 11 is 0. The molecular weight excluding hydrogens is 198 g/mol. The van der Waals surface area contributed by atoms with Crippen LogP contribution in [-0.4, -0.2) is 11.7 Å². The molecule has 2 nitrogen and oxygen atoms in total. The van der Waals surface area contributed by atoms with E-state index in [-0.39, 0.29) is 6.61 Å². The van der Waals surface area contributed by atoms with Crippen molar-refractivity contribution in [3.8, 4) is 0 Å². The summed E-state index contributed by atoms with van der Waals surface area (Å²) in [6.07, 6.45) is 4.73. The Hall–Kier alpha value is -1.02. The molecule has 3 N–H and O–H groups in total. The highest BCUT2D eigenvalue weighted by atomic mass is 16.2. The van der Waals surface area contributed by atoms with Crippen molar-refractivity contribution in [1.82, 2.24) is 0 Å². The Morgan fingerprint density at radius 1 is 1.00 bits per heavy atom. The number of hydrogen-bond donors (Lipinski definition) is 2. The predicted molar refractivity (Wildman–Crippen MR) is 71.6 cm³/mol. The molecule has 1 rings (SSSR count). The van der Waals surface area contributed by atoms with Crippen LogP contribution < -0.4 is 5.73 Å². The van der Waals surface area contributed by atoms with Gasteiger partial charge in [-0.05, 0) is 43.0 Å². The Labute approximate surface area is 99.5 Å². The van der Waals surface area contributed by atoms with E-state index in [4.69, 9.17) is 10.8 Å². The number of aliphatic hydroxyl groups excluding tert-OH is 1. The van der Waals surface area contributed by atoms with Crippen molar-refractivity contribution in [3.63, 3.8) is 0 Å². The molecule has 0 unspecified atom stereocenters. The number of aryl methyl sites for hydroxylation is 2. The average molecular weight is 223 g/mol. The second-order valence-electron chi connectivity index (χ2n) is 3.84. The van der Waals surface area contributed by atoms with Gasteiger partial charge in [-0.2, -0.15) is 0 Å². The van der Waals surface area contributed by atoms with Crippen molar-refractivity contribution >= 4 is 5.69 Å². The van der Waals surface area contributed by atoms with Gasteiger partial charge in [0.05, 0.1) is 0 Å². The van der Waals surface area contributed by atoms with E-state index in [0.717, 1.165) is 12.1 Å². The molecule has 1 aromatic rings. The Kier molecular flexibility index (Phi) is 8.64. The maximum atomic E-state index is 7.57. The third-order valence-electron chi connectivity index (χ3n) is 2.27. The summed E-state index contributed by atoms with van der Waals surface area (Å²) in [4.78, 5) is 0. The van der Waals surface area contributed by atoms with Gasteiger partial charge < -0.3 is 10.8 Å². The first kappa shape index (κ1) is 15.0. The normalized spacial score (nSPS) is 9.50. The average Bonchev–Trinajstić information content (AvgIpc) is 2.24. The molecule has 1 aromatic carbocycles. The van der Waals surface area contributed by atoms with Crippen LogP contribution in [0.5, 0.6) is 0 Å².